The molecule has 0 amide bonds. The number of anilines is 1. The van der Waals surface area contributed by atoms with Crippen molar-refractivity contribution in [2.45, 2.75) is 6.92 Å². The minimum absolute atomic E-state index is 0.277. The zero-order valence-electron chi connectivity index (χ0n) is 10.2. The van der Waals surface area contributed by atoms with Crippen molar-refractivity contribution in [2.75, 3.05) is 5.73 Å². The first-order valence-electron chi connectivity index (χ1n) is 5.76. The average Bonchev–Trinajstić information content (AvgIpc) is 2.68. The molecule has 1 heterocycles. The van der Waals surface area contributed by atoms with Gasteiger partial charge in [0.1, 0.15) is 5.82 Å². The van der Waals surface area contributed by atoms with Crippen molar-refractivity contribution in [3.8, 4) is 5.69 Å². The lowest BCUT2D eigenvalue weighted by atomic mass is 10.2. The fourth-order valence-electron chi connectivity index (χ4n) is 2.06. The van der Waals surface area contributed by atoms with Gasteiger partial charge in [0.2, 0.25) is 5.95 Å². The predicted octanol–water partition coefficient (Wildman–Crippen LogP) is 3.71. The molecule has 0 atom stereocenters. The average molecular weight is 276 g/mol. The van der Waals surface area contributed by atoms with E-state index in [4.69, 9.17) is 17.3 Å². The van der Waals surface area contributed by atoms with E-state index < -0.39 is 0 Å². The first kappa shape index (κ1) is 12.0. The van der Waals surface area contributed by atoms with Gasteiger partial charge in [-0.3, -0.25) is 4.57 Å². The van der Waals surface area contributed by atoms with Crippen LogP contribution in [0.4, 0.5) is 10.3 Å². The number of nitrogens with zero attached hydrogens (tertiary/aromatic N) is 2. The molecule has 3 aromatic rings. The predicted molar refractivity (Wildman–Crippen MR) is 75.2 cm³/mol. The molecule has 0 aliphatic rings. The smallest absolute Gasteiger partial charge is 0.205 e. The summed E-state index contributed by atoms with van der Waals surface area (Å²) in [6.45, 7) is 1.71. The van der Waals surface area contributed by atoms with Gasteiger partial charge in [0, 0.05) is 5.02 Å². The number of nitrogen functional groups attached to an aromatic ring is 1. The van der Waals surface area contributed by atoms with Gasteiger partial charge in [0.05, 0.1) is 16.7 Å². The van der Waals surface area contributed by atoms with Crippen LogP contribution in [0.1, 0.15) is 5.56 Å². The highest BCUT2D eigenvalue weighted by molar-refractivity contribution is 6.31. The van der Waals surface area contributed by atoms with Gasteiger partial charge in [-0.05, 0) is 42.8 Å². The van der Waals surface area contributed by atoms with E-state index in [1.807, 2.05) is 0 Å². The van der Waals surface area contributed by atoms with Gasteiger partial charge in [-0.15, -0.1) is 0 Å². The van der Waals surface area contributed by atoms with Crippen molar-refractivity contribution in [2.24, 2.45) is 0 Å². The Labute approximate surface area is 114 Å². The van der Waals surface area contributed by atoms with Crippen molar-refractivity contribution in [1.29, 1.82) is 0 Å². The number of imidazole rings is 1. The Hall–Kier alpha value is -2.07. The fourth-order valence-corrected chi connectivity index (χ4v) is 2.23. The number of hydrogen-bond donors (Lipinski definition) is 1. The number of fused-ring (bicyclic) bond motifs is 1. The number of aromatic nitrogens is 2. The zero-order chi connectivity index (χ0) is 13.6. The summed E-state index contributed by atoms with van der Waals surface area (Å²) in [4.78, 5) is 4.24. The molecular formula is C14H11ClFN3. The van der Waals surface area contributed by atoms with Crippen LogP contribution >= 0.6 is 11.6 Å². The van der Waals surface area contributed by atoms with Crippen LogP contribution in [-0.4, -0.2) is 9.55 Å². The molecule has 0 radical (unpaired) electrons. The second kappa shape index (κ2) is 4.24. The van der Waals surface area contributed by atoms with E-state index >= 15 is 0 Å². The van der Waals surface area contributed by atoms with Crippen molar-refractivity contribution in [1.82, 2.24) is 9.55 Å². The fraction of sp³-hybridized carbons (Fsp3) is 0.0714. The summed E-state index contributed by atoms with van der Waals surface area (Å²) in [5.74, 6) is 0.0290. The van der Waals surface area contributed by atoms with Crippen LogP contribution in [0.15, 0.2) is 36.4 Å². The molecule has 19 heavy (non-hydrogen) atoms. The number of hydrogen-bond acceptors (Lipinski definition) is 2. The van der Waals surface area contributed by atoms with Crippen LogP contribution in [0.3, 0.4) is 0 Å². The van der Waals surface area contributed by atoms with E-state index in [9.17, 15) is 4.39 Å². The summed E-state index contributed by atoms with van der Waals surface area (Å²) in [6, 6.07) is 10.2. The van der Waals surface area contributed by atoms with Crippen LogP contribution in [-0.2, 0) is 0 Å². The minimum atomic E-state index is -0.277. The van der Waals surface area contributed by atoms with Crippen LogP contribution in [0.25, 0.3) is 16.7 Å². The Morgan fingerprint density at radius 3 is 2.74 bits per heavy atom. The molecule has 0 aliphatic carbocycles. The van der Waals surface area contributed by atoms with Crippen molar-refractivity contribution in [3.05, 3.63) is 52.8 Å². The molecular weight excluding hydrogens is 265 g/mol. The number of halogens is 2. The van der Waals surface area contributed by atoms with E-state index in [0.717, 1.165) is 11.0 Å². The van der Waals surface area contributed by atoms with Gasteiger partial charge in [-0.2, -0.15) is 0 Å². The molecule has 0 saturated heterocycles. The molecule has 0 unspecified atom stereocenters. The molecule has 3 nitrogen and oxygen atoms in total. The normalized spacial score (nSPS) is 11.1. The summed E-state index contributed by atoms with van der Waals surface area (Å²) >= 11 is 5.99. The highest BCUT2D eigenvalue weighted by Gasteiger charge is 2.11. The van der Waals surface area contributed by atoms with Gasteiger partial charge in [-0.1, -0.05) is 17.7 Å². The van der Waals surface area contributed by atoms with E-state index in [-0.39, 0.29) is 5.82 Å². The van der Waals surface area contributed by atoms with Gasteiger partial charge >= 0.3 is 0 Å². The third kappa shape index (κ3) is 1.94. The minimum Gasteiger partial charge on any atom is -0.369 e. The maximum atomic E-state index is 13.7. The van der Waals surface area contributed by atoms with Gasteiger partial charge in [0.25, 0.3) is 0 Å². The molecule has 2 N–H and O–H groups in total. The second-order valence-electron chi connectivity index (χ2n) is 4.37. The van der Waals surface area contributed by atoms with Crippen molar-refractivity contribution in [3.63, 3.8) is 0 Å². The molecule has 96 valence electrons. The second-order valence-corrected chi connectivity index (χ2v) is 4.81. The van der Waals surface area contributed by atoms with E-state index in [0.29, 0.717) is 22.2 Å². The van der Waals surface area contributed by atoms with Crippen LogP contribution in [0.2, 0.25) is 5.02 Å². The van der Waals surface area contributed by atoms with E-state index in [1.54, 1.807) is 41.8 Å². The molecule has 0 bridgehead atoms. The zero-order valence-corrected chi connectivity index (χ0v) is 10.9. The molecule has 5 heteroatoms. The lowest BCUT2D eigenvalue weighted by molar-refractivity contribution is 0.617. The lowest BCUT2D eigenvalue weighted by Gasteiger charge is -2.07. The molecule has 0 aliphatic heterocycles. The summed E-state index contributed by atoms with van der Waals surface area (Å²) in [5.41, 5.74) is 8.61. The van der Waals surface area contributed by atoms with Crippen LogP contribution in [0.5, 0.6) is 0 Å². The van der Waals surface area contributed by atoms with E-state index in [1.165, 1.54) is 6.07 Å². The maximum absolute atomic E-state index is 13.7. The highest BCUT2D eigenvalue weighted by atomic mass is 35.5. The quantitative estimate of drug-likeness (QED) is 0.736. The van der Waals surface area contributed by atoms with Gasteiger partial charge in [-0.25, -0.2) is 9.37 Å². The third-order valence-corrected chi connectivity index (χ3v) is 3.29. The summed E-state index contributed by atoms with van der Waals surface area (Å²) in [5, 5.41) is 0.584. The topological polar surface area (TPSA) is 43.8 Å². The van der Waals surface area contributed by atoms with Gasteiger partial charge in [0.15, 0.2) is 0 Å². The largest absolute Gasteiger partial charge is 0.369 e. The number of nitrogens with two attached hydrogens (primary N) is 1. The van der Waals surface area contributed by atoms with Crippen LogP contribution < -0.4 is 5.73 Å². The Kier molecular flexibility index (Phi) is 2.68. The van der Waals surface area contributed by atoms with E-state index in [2.05, 4.69) is 4.98 Å². The standard InChI is InChI=1S/C14H11ClFN3/c1-8-2-4-10(7-11(8)16)19-13-6-9(15)3-5-12(13)18-14(19)17/h2-7H,1H3,(H2,17,18). The van der Waals surface area contributed by atoms with Gasteiger partial charge < -0.3 is 5.73 Å². The first-order chi connectivity index (χ1) is 9.06. The van der Waals surface area contributed by atoms with Crippen LogP contribution in [0, 0.1) is 12.7 Å². The summed E-state index contributed by atoms with van der Waals surface area (Å²) in [6.07, 6.45) is 0. The molecule has 1 aromatic heterocycles. The monoisotopic (exact) mass is 275 g/mol. The highest BCUT2D eigenvalue weighted by Crippen LogP contribution is 2.26. The Morgan fingerprint density at radius 1 is 1.21 bits per heavy atom. The maximum Gasteiger partial charge on any atom is 0.205 e. The lowest BCUT2D eigenvalue weighted by Crippen LogP contribution is -2.01. The molecule has 0 saturated carbocycles. The Bertz CT molecular complexity index is 780. The molecule has 2 aromatic carbocycles. The van der Waals surface area contributed by atoms with Crippen molar-refractivity contribution >= 4 is 28.6 Å². The van der Waals surface area contributed by atoms with Crippen molar-refractivity contribution < 1.29 is 4.39 Å². The molecule has 3 rings (SSSR count). The number of rotatable bonds is 1. The Balaban J connectivity index is 2.31. The number of benzene rings is 2. The first-order valence-corrected chi connectivity index (χ1v) is 6.14. The summed E-state index contributed by atoms with van der Waals surface area (Å²) < 4.78 is 15.4. The molecule has 0 fully saturated rings. The SMILES string of the molecule is Cc1ccc(-n2c(N)nc3ccc(Cl)cc32)cc1F. The summed E-state index contributed by atoms with van der Waals surface area (Å²) in [7, 11) is 0. The molecule has 0 spiro atoms. The Morgan fingerprint density at radius 2 is 2.00 bits per heavy atom. The third-order valence-electron chi connectivity index (χ3n) is 3.06. The number of aryl methyl sites for hydroxylation is 1.